The Hall–Kier alpha value is -0.540. The normalized spacial score (nSPS) is 30.9. The number of hydrogen-bond donors (Lipinski definition) is 0. The van der Waals surface area contributed by atoms with Gasteiger partial charge in [-0.1, -0.05) is 25.7 Å². The van der Waals surface area contributed by atoms with Gasteiger partial charge < -0.3 is 0 Å². The van der Waals surface area contributed by atoms with Crippen molar-refractivity contribution in [2.75, 3.05) is 0 Å². The summed E-state index contributed by atoms with van der Waals surface area (Å²) in [6.07, 6.45) is 3.63. The lowest BCUT2D eigenvalue weighted by Gasteiger charge is -2.30. The van der Waals surface area contributed by atoms with Crippen molar-refractivity contribution in [1.82, 2.24) is 0 Å². The van der Waals surface area contributed by atoms with Crippen molar-refractivity contribution in [2.24, 2.45) is 17.8 Å². The third-order valence-electron chi connectivity index (χ3n) is 4.85. The quantitative estimate of drug-likeness (QED) is 0.656. The molecular formula is C15H23F3O. The molecule has 0 atom stereocenters. The second kappa shape index (κ2) is 6.27. The van der Waals surface area contributed by atoms with Crippen LogP contribution in [0.25, 0.3) is 0 Å². The number of ketones is 1. The Morgan fingerprint density at radius 2 is 1.21 bits per heavy atom. The van der Waals surface area contributed by atoms with Crippen molar-refractivity contribution < 1.29 is 18.0 Å². The van der Waals surface area contributed by atoms with Crippen molar-refractivity contribution in [1.29, 1.82) is 0 Å². The summed E-state index contributed by atoms with van der Waals surface area (Å²) in [5.41, 5.74) is 0. The number of carbonyl (C=O) groups is 1. The van der Waals surface area contributed by atoms with Gasteiger partial charge in [-0.2, -0.15) is 13.2 Å². The highest BCUT2D eigenvalue weighted by molar-refractivity contribution is 5.83. The fourth-order valence-electron chi connectivity index (χ4n) is 3.60. The van der Waals surface area contributed by atoms with Crippen LogP contribution in [0.1, 0.15) is 64.2 Å². The first kappa shape index (κ1) is 14.9. The molecule has 110 valence electrons. The van der Waals surface area contributed by atoms with E-state index < -0.39 is 12.1 Å². The molecule has 0 bridgehead atoms. The van der Waals surface area contributed by atoms with Gasteiger partial charge in [0.05, 0.1) is 5.92 Å². The maximum atomic E-state index is 12.6. The molecule has 0 saturated heterocycles. The first-order valence-corrected chi connectivity index (χ1v) is 7.59. The van der Waals surface area contributed by atoms with Gasteiger partial charge in [0.15, 0.2) is 0 Å². The van der Waals surface area contributed by atoms with E-state index in [-0.39, 0.29) is 30.5 Å². The van der Waals surface area contributed by atoms with E-state index in [0.29, 0.717) is 12.8 Å². The van der Waals surface area contributed by atoms with Crippen LogP contribution >= 0.6 is 0 Å². The summed E-state index contributed by atoms with van der Waals surface area (Å²) >= 11 is 0. The predicted molar refractivity (Wildman–Crippen MR) is 67.7 cm³/mol. The highest BCUT2D eigenvalue weighted by Gasteiger charge is 2.43. The molecule has 2 rings (SSSR count). The van der Waals surface area contributed by atoms with E-state index in [1.165, 1.54) is 12.8 Å². The summed E-state index contributed by atoms with van der Waals surface area (Å²) in [5, 5.41) is 0. The van der Waals surface area contributed by atoms with Gasteiger partial charge in [0.1, 0.15) is 5.78 Å². The lowest BCUT2D eigenvalue weighted by Crippen LogP contribution is -2.32. The molecule has 2 saturated carbocycles. The Morgan fingerprint density at radius 3 is 1.68 bits per heavy atom. The van der Waals surface area contributed by atoms with Gasteiger partial charge in [0, 0.05) is 11.8 Å². The average molecular weight is 276 g/mol. The molecule has 0 radical (unpaired) electrons. The number of rotatable bonds is 2. The van der Waals surface area contributed by atoms with Crippen LogP contribution in [0, 0.1) is 17.8 Å². The second-order valence-electron chi connectivity index (χ2n) is 6.18. The molecule has 0 aromatic carbocycles. The van der Waals surface area contributed by atoms with E-state index in [9.17, 15) is 18.0 Å². The molecule has 19 heavy (non-hydrogen) atoms. The smallest absolute Gasteiger partial charge is 0.299 e. The third-order valence-corrected chi connectivity index (χ3v) is 4.85. The van der Waals surface area contributed by atoms with Crippen LogP contribution in [0.2, 0.25) is 0 Å². The molecule has 2 aliphatic carbocycles. The summed E-state index contributed by atoms with van der Waals surface area (Å²) < 4.78 is 37.8. The predicted octanol–water partition coefficient (Wildman–Crippen LogP) is 4.89. The van der Waals surface area contributed by atoms with Crippen molar-refractivity contribution in [2.45, 2.75) is 70.4 Å². The Morgan fingerprint density at radius 1 is 0.737 bits per heavy atom. The highest BCUT2D eigenvalue weighted by Crippen LogP contribution is 2.41. The summed E-state index contributed by atoms with van der Waals surface area (Å²) in [5.74, 6) is -0.871. The van der Waals surface area contributed by atoms with Crippen LogP contribution in [0.5, 0.6) is 0 Å². The number of halogens is 3. The molecular weight excluding hydrogens is 253 g/mol. The molecule has 0 N–H and O–H groups in total. The summed E-state index contributed by atoms with van der Waals surface area (Å²) in [7, 11) is 0. The molecule has 0 aliphatic heterocycles. The first-order chi connectivity index (χ1) is 8.98. The molecule has 2 aliphatic rings. The number of Topliss-reactive ketones (excluding diaryl/α,β-unsaturated/α-hetero) is 1. The van der Waals surface area contributed by atoms with Gasteiger partial charge in [-0.05, 0) is 38.5 Å². The fourth-order valence-corrected chi connectivity index (χ4v) is 3.60. The Bertz CT molecular complexity index is 295. The molecule has 4 heteroatoms. The molecule has 2 fully saturated rings. The van der Waals surface area contributed by atoms with E-state index in [4.69, 9.17) is 0 Å². The Balaban J connectivity index is 1.85. The van der Waals surface area contributed by atoms with Crippen LogP contribution in [0.3, 0.4) is 0 Å². The molecule has 0 aromatic heterocycles. The maximum Gasteiger partial charge on any atom is 0.391 e. The van der Waals surface area contributed by atoms with Crippen molar-refractivity contribution in [3.63, 3.8) is 0 Å². The van der Waals surface area contributed by atoms with Crippen LogP contribution in [-0.2, 0) is 4.79 Å². The zero-order valence-corrected chi connectivity index (χ0v) is 11.3. The third kappa shape index (κ3) is 3.96. The first-order valence-electron chi connectivity index (χ1n) is 7.59. The Labute approximate surface area is 112 Å². The van der Waals surface area contributed by atoms with Crippen LogP contribution in [-0.4, -0.2) is 12.0 Å². The number of hydrogen-bond acceptors (Lipinski definition) is 1. The van der Waals surface area contributed by atoms with Crippen LogP contribution < -0.4 is 0 Å². The summed E-state index contributed by atoms with van der Waals surface area (Å²) in [6, 6.07) is 0. The second-order valence-corrected chi connectivity index (χ2v) is 6.18. The van der Waals surface area contributed by atoms with Gasteiger partial charge in [-0.3, -0.25) is 4.79 Å². The summed E-state index contributed by atoms with van der Waals surface area (Å²) in [6.45, 7) is 0. The molecule has 1 nitrogen and oxygen atoms in total. The lowest BCUT2D eigenvalue weighted by atomic mass is 9.75. The van der Waals surface area contributed by atoms with E-state index in [0.717, 1.165) is 25.7 Å². The topological polar surface area (TPSA) is 17.1 Å². The minimum Gasteiger partial charge on any atom is -0.299 e. The van der Waals surface area contributed by atoms with E-state index in [1.54, 1.807) is 0 Å². The monoisotopic (exact) mass is 276 g/mol. The van der Waals surface area contributed by atoms with Gasteiger partial charge >= 0.3 is 6.18 Å². The standard InChI is InChI=1S/C15H23F3O/c16-15(17,18)13-9-7-12(8-10-13)14(19)11-5-3-1-2-4-6-11/h11-13H,1-10H2. The minimum absolute atomic E-state index is 0.0956. The summed E-state index contributed by atoms with van der Waals surface area (Å²) in [4.78, 5) is 12.4. The van der Waals surface area contributed by atoms with E-state index in [1.807, 2.05) is 0 Å². The highest BCUT2D eigenvalue weighted by atomic mass is 19.4. The number of alkyl halides is 3. The van der Waals surface area contributed by atoms with E-state index in [2.05, 4.69) is 0 Å². The molecule has 0 unspecified atom stereocenters. The van der Waals surface area contributed by atoms with Crippen molar-refractivity contribution in [3.05, 3.63) is 0 Å². The van der Waals surface area contributed by atoms with E-state index >= 15 is 0 Å². The zero-order chi connectivity index (χ0) is 13.9. The Kier molecular flexibility index (Phi) is 4.91. The minimum atomic E-state index is -4.07. The van der Waals surface area contributed by atoms with Crippen molar-refractivity contribution >= 4 is 5.78 Å². The molecule has 0 aromatic rings. The van der Waals surface area contributed by atoms with Gasteiger partial charge in [-0.15, -0.1) is 0 Å². The largest absolute Gasteiger partial charge is 0.391 e. The fraction of sp³-hybridized carbons (Fsp3) is 0.933. The zero-order valence-electron chi connectivity index (χ0n) is 11.3. The SMILES string of the molecule is O=C(C1CCCCCC1)C1CCC(C(F)(F)F)CC1. The number of carbonyl (C=O) groups excluding carboxylic acids is 1. The van der Waals surface area contributed by atoms with Gasteiger partial charge in [0.2, 0.25) is 0 Å². The van der Waals surface area contributed by atoms with Gasteiger partial charge in [0.25, 0.3) is 0 Å². The maximum absolute atomic E-state index is 12.6. The van der Waals surface area contributed by atoms with Crippen LogP contribution in [0.15, 0.2) is 0 Å². The molecule has 0 amide bonds. The van der Waals surface area contributed by atoms with Crippen LogP contribution in [0.4, 0.5) is 13.2 Å². The molecule has 0 spiro atoms. The average Bonchev–Trinajstić information content (AvgIpc) is 2.66. The lowest BCUT2D eigenvalue weighted by molar-refractivity contribution is -0.184. The van der Waals surface area contributed by atoms with Gasteiger partial charge in [-0.25, -0.2) is 0 Å². The molecule has 0 heterocycles. The van der Waals surface area contributed by atoms with Crippen molar-refractivity contribution in [3.8, 4) is 0 Å².